The van der Waals surface area contributed by atoms with Gasteiger partial charge in [0.2, 0.25) is 5.91 Å². The largest absolute Gasteiger partial charge is 0.475 e. The molecule has 0 aliphatic rings. The third kappa shape index (κ3) is 6.88. The molecule has 1 aromatic heterocycles. The molecule has 1 aromatic carbocycles. The van der Waals surface area contributed by atoms with Crippen LogP contribution in [0.1, 0.15) is 36.2 Å². The highest BCUT2D eigenvalue weighted by Crippen LogP contribution is 2.06. The van der Waals surface area contributed by atoms with Gasteiger partial charge in [-0.25, -0.2) is 0 Å². The Morgan fingerprint density at radius 3 is 2.41 bits per heavy atom. The lowest BCUT2D eigenvalue weighted by atomic mass is 9.75. The quantitative estimate of drug-likeness (QED) is 0.453. The maximum atomic E-state index is 12.6. The number of benzene rings is 1. The Balaban J connectivity index is 2.01. The molecule has 0 saturated heterocycles. The van der Waals surface area contributed by atoms with Crippen LogP contribution in [0.4, 0.5) is 0 Å². The van der Waals surface area contributed by atoms with Gasteiger partial charge in [-0.1, -0.05) is 38.1 Å². The lowest BCUT2D eigenvalue weighted by Crippen LogP contribution is -2.48. The maximum absolute atomic E-state index is 12.6. The van der Waals surface area contributed by atoms with E-state index >= 15 is 0 Å². The zero-order chi connectivity index (χ0) is 21.4. The maximum Gasteiger partial charge on any atom is 0.475 e. The molecule has 0 aliphatic carbocycles. The molecule has 8 nitrogen and oxygen atoms in total. The van der Waals surface area contributed by atoms with Crippen molar-refractivity contribution in [1.29, 1.82) is 0 Å². The van der Waals surface area contributed by atoms with Crippen LogP contribution in [0.5, 0.6) is 0 Å². The van der Waals surface area contributed by atoms with Crippen molar-refractivity contribution in [3.05, 3.63) is 70.1 Å². The Labute approximate surface area is 169 Å². The molecule has 4 N–H and O–H groups in total. The second-order valence-corrected chi connectivity index (χ2v) is 7.23. The summed E-state index contributed by atoms with van der Waals surface area (Å²) in [7, 11) is -1.68. The van der Waals surface area contributed by atoms with E-state index in [-0.39, 0.29) is 24.9 Å². The van der Waals surface area contributed by atoms with Crippen molar-refractivity contribution in [3.63, 3.8) is 0 Å². The molecule has 0 unspecified atom stereocenters. The third-order valence-electron chi connectivity index (χ3n) is 4.32. The molecule has 0 aliphatic heterocycles. The zero-order valence-corrected chi connectivity index (χ0v) is 16.5. The summed E-state index contributed by atoms with van der Waals surface area (Å²) in [5.74, 6) is -1.46. The lowest BCUT2D eigenvalue weighted by molar-refractivity contribution is -0.122. The minimum atomic E-state index is -1.68. The summed E-state index contributed by atoms with van der Waals surface area (Å²) in [6, 6.07) is 11.8. The van der Waals surface area contributed by atoms with Crippen molar-refractivity contribution in [2.75, 3.05) is 0 Å². The van der Waals surface area contributed by atoms with Crippen molar-refractivity contribution in [2.24, 2.45) is 5.92 Å². The van der Waals surface area contributed by atoms with E-state index in [0.717, 1.165) is 0 Å². The molecule has 2 rings (SSSR count). The van der Waals surface area contributed by atoms with E-state index in [4.69, 9.17) is 0 Å². The molecule has 0 spiro atoms. The van der Waals surface area contributed by atoms with Crippen LogP contribution in [-0.4, -0.2) is 39.5 Å². The van der Waals surface area contributed by atoms with Gasteiger partial charge in [-0.15, -0.1) is 0 Å². The SMILES string of the molecule is CC(C)C[C@H](NC(=O)Cn1cccc(CNC(=O)c2ccccc2)c1=O)B(O)O. The Morgan fingerprint density at radius 1 is 1.10 bits per heavy atom. The normalized spacial score (nSPS) is 11.8. The van der Waals surface area contributed by atoms with Crippen LogP contribution in [-0.2, 0) is 17.9 Å². The van der Waals surface area contributed by atoms with E-state index < -0.39 is 24.5 Å². The first kappa shape index (κ1) is 22.4. The van der Waals surface area contributed by atoms with Gasteiger partial charge in [-0.05, 0) is 30.5 Å². The van der Waals surface area contributed by atoms with Crippen molar-refractivity contribution in [1.82, 2.24) is 15.2 Å². The van der Waals surface area contributed by atoms with E-state index in [0.29, 0.717) is 17.5 Å². The van der Waals surface area contributed by atoms with Gasteiger partial charge in [-0.2, -0.15) is 0 Å². The fourth-order valence-corrected chi connectivity index (χ4v) is 2.88. The topological polar surface area (TPSA) is 121 Å². The monoisotopic (exact) mass is 399 g/mol. The van der Waals surface area contributed by atoms with Gasteiger partial charge >= 0.3 is 7.12 Å². The van der Waals surface area contributed by atoms with Gasteiger partial charge in [0.05, 0.1) is 5.94 Å². The standard InChI is InChI=1S/C20H26BN3O5/c1-14(2)11-17(21(28)29)23-18(25)13-24-10-6-9-16(20(24)27)12-22-19(26)15-7-4-3-5-8-15/h3-10,14,17,28-29H,11-13H2,1-2H3,(H,22,26)(H,23,25)/t17-/m0/s1. The molecule has 29 heavy (non-hydrogen) atoms. The highest BCUT2D eigenvalue weighted by Gasteiger charge is 2.26. The number of pyridine rings is 1. The fraction of sp³-hybridized carbons (Fsp3) is 0.350. The molecule has 0 radical (unpaired) electrons. The van der Waals surface area contributed by atoms with Gasteiger partial charge in [0, 0.05) is 23.9 Å². The van der Waals surface area contributed by atoms with Crippen LogP contribution >= 0.6 is 0 Å². The number of carbonyl (C=O) groups is 2. The first-order chi connectivity index (χ1) is 13.8. The second-order valence-electron chi connectivity index (χ2n) is 7.23. The molecular weight excluding hydrogens is 373 g/mol. The van der Waals surface area contributed by atoms with Gasteiger partial charge in [-0.3, -0.25) is 14.4 Å². The van der Waals surface area contributed by atoms with E-state index in [1.165, 1.54) is 10.8 Å². The van der Waals surface area contributed by atoms with E-state index in [2.05, 4.69) is 10.6 Å². The lowest BCUT2D eigenvalue weighted by Gasteiger charge is -2.20. The van der Waals surface area contributed by atoms with E-state index in [1.807, 2.05) is 13.8 Å². The number of nitrogens with zero attached hydrogens (tertiary/aromatic N) is 1. The number of carbonyl (C=O) groups excluding carboxylic acids is 2. The number of rotatable bonds is 9. The molecule has 154 valence electrons. The summed E-state index contributed by atoms with van der Waals surface area (Å²) in [4.78, 5) is 37.0. The summed E-state index contributed by atoms with van der Waals surface area (Å²) in [6.07, 6.45) is 1.86. The number of hydrogen-bond acceptors (Lipinski definition) is 5. The van der Waals surface area contributed by atoms with Crippen molar-refractivity contribution in [2.45, 2.75) is 39.3 Å². The fourth-order valence-electron chi connectivity index (χ4n) is 2.88. The zero-order valence-electron chi connectivity index (χ0n) is 16.5. The van der Waals surface area contributed by atoms with Gasteiger partial charge in [0.1, 0.15) is 6.54 Å². The van der Waals surface area contributed by atoms with E-state index in [9.17, 15) is 24.4 Å². The average molecular weight is 399 g/mol. The average Bonchev–Trinajstić information content (AvgIpc) is 2.68. The Bertz CT molecular complexity index is 883. The van der Waals surface area contributed by atoms with Gasteiger partial charge in [0.25, 0.3) is 11.5 Å². The second kappa shape index (κ2) is 10.6. The Hall–Kier alpha value is -2.91. The minimum Gasteiger partial charge on any atom is -0.426 e. The Kier molecular flexibility index (Phi) is 8.17. The van der Waals surface area contributed by atoms with Crippen molar-refractivity contribution in [3.8, 4) is 0 Å². The number of hydrogen-bond donors (Lipinski definition) is 4. The smallest absolute Gasteiger partial charge is 0.426 e. The van der Waals surface area contributed by atoms with Crippen LogP contribution < -0.4 is 16.2 Å². The number of aromatic nitrogens is 1. The summed E-state index contributed by atoms with van der Waals surface area (Å²) in [6.45, 7) is 3.57. The molecule has 0 bridgehead atoms. The molecule has 0 fully saturated rings. The first-order valence-electron chi connectivity index (χ1n) is 9.45. The van der Waals surface area contributed by atoms with Crippen LogP contribution in [0.2, 0.25) is 0 Å². The number of nitrogens with one attached hydrogen (secondary N) is 2. The Morgan fingerprint density at radius 2 is 1.79 bits per heavy atom. The van der Waals surface area contributed by atoms with Crippen LogP contribution in [0.25, 0.3) is 0 Å². The summed E-state index contributed by atoms with van der Waals surface area (Å²) in [5, 5.41) is 24.1. The highest BCUT2D eigenvalue weighted by atomic mass is 16.4. The van der Waals surface area contributed by atoms with Crippen molar-refractivity contribution < 1.29 is 19.6 Å². The molecule has 2 amide bonds. The predicted octanol–water partition coefficient (Wildman–Crippen LogP) is 0.321. The van der Waals surface area contributed by atoms with E-state index in [1.54, 1.807) is 42.5 Å². The molecule has 1 atom stereocenters. The minimum absolute atomic E-state index is 0.0281. The molecular formula is C20H26BN3O5. The molecule has 9 heteroatoms. The summed E-state index contributed by atoms with van der Waals surface area (Å²) >= 11 is 0. The van der Waals surface area contributed by atoms with Crippen molar-refractivity contribution >= 4 is 18.9 Å². The van der Waals surface area contributed by atoms with Crippen LogP contribution in [0, 0.1) is 5.92 Å². The summed E-state index contributed by atoms with van der Waals surface area (Å²) < 4.78 is 1.22. The summed E-state index contributed by atoms with van der Waals surface area (Å²) in [5.41, 5.74) is 0.424. The van der Waals surface area contributed by atoms with Crippen LogP contribution in [0.15, 0.2) is 53.5 Å². The van der Waals surface area contributed by atoms with Gasteiger partial charge in [0.15, 0.2) is 0 Å². The highest BCUT2D eigenvalue weighted by molar-refractivity contribution is 6.43. The molecule has 2 aromatic rings. The molecule has 0 saturated carbocycles. The third-order valence-corrected chi connectivity index (χ3v) is 4.32. The number of amides is 2. The van der Waals surface area contributed by atoms with Crippen LogP contribution in [0.3, 0.4) is 0 Å². The predicted molar refractivity (Wildman–Crippen MR) is 110 cm³/mol. The van der Waals surface area contributed by atoms with Gasteiger partial charge < -0.3 is 25.2 Å². The molecule has 1 heterocycles. The first-order valence-corrected chi connectivity index (χ1v) is 9.45.